The number of benzene rings is 2. The SMILES string of the molecule is NC(=S)c1ccc(OCC2OCCc3ccccc32)cc1. The van der Waals surface area contributed by atoms with Crippen LogP contribution in [0.5, 0.6) is 5.75 Å². The number of thiocarbonyl (C=S) groups is 1. The van der Waals surface area contributed by atoms with Crippen LogP contribution in [0.2, 0.25) is 0 Å². The topological polar surface area (TPSA) is 44.5 Å². The third-order valence-electron chi connectivity index (χ3n) is 3.63. The van der Waals surface area contributed by atoms with Gasteiger partial charge in [0.1, 0.15) is 23.4 Å². The van der Waals surface area contributed by atoms with Gasteiger partial charge in [0.25, 0.3) is 0 Å². The third-order valence-corrected chi connectivity index (χ3v) is 3.87. The van der Waals surface area contributed by atoms with Crippen LogP contribution < -0.4 is 10.5 Å². The van der Waals surface area contributed by atoms with E-state index in [4.69, 9.17) is 27.4 Å². The molecule has 0 aliphatic carbocycles. The quantitative estimate of drug-likeness (QED) is 0.882. The second-order valence-electron chi connectivity index (χ2n) is 5.01. The normalized spacial score (nSPS) is 17.0. The molecule has 1 aliphatic rings. The second kappa shape index (κ2) is 6.24. The summed E-state index contributed by atoms with van der Waals surface area (Å²) >= 11 is 4.93. The number of fused-ring (bicyclic) bond motifs is 1. The van der Waals surface area contributed by atoms with Crippen LogP contribution in [0.1, 0.15) is 22.8 Å². The predicted octanol–water partition coefficient (Wildman–Crippen LogP) is 3.01. The fourth-order valence-corrected chi connectivity index (χ4v) is 2.64. The Morgan fingerprint density at radius 2 is 1.95 bits per heavy atom. The molecule has 3 rings (SSSR count). The summed E-state index contributed by atoms with van der Waals surface area (Å²) in [6.07, 6.45) is 0.959. The Morgan fingerprint density at radius 1 is 1.19 bits per heavy atom. The molecule has 108 valence electrons. The van der Waals surface area contributed by atoms with Crippen LogP contribution in [0.15, 0.2) is 48.5 Å². The molecule has 0 saturated carbocycles. The van der Waals surface area contributed by atoms with E-state index in [0.29, 0.717) is 11.6 Å². The molecule has 2 aromatic carbocycles. The summed E-state index contributed by atoms with van der Waals surface area (Å²) in [5, 5.41) is 0. The van der Waals surface area contributed by atoms with Crippen molar-refractivity contribution in [3.63, 3.8) is 0 Å². The first kappa shape index (κ1) is 14.0. The van der Waals surface area contributed by atoms with Gasteiger partial charge in [-0.1, -0.05) is 36.5 Å². The molecule has 0 spiro atoms. The van der Waals surface area contributed by atoms with E-state index in [-0.39, 0.29) is 6.10 Å². The summed E-state index contributed by atoms with van der Waals surface area (Å²) < 4.78 is 11.7. The number of hydrogen-bond donors (Lipinski definition) is 1. The highest BCUT2D eigenvalue weighted by molar-refractivity contribution is 7.80. The van der Waals surface area contributed by atoms with E-state index >= 15 is 0 Å². The zero-order chi connectivity index (χ0) is 14.7. The predicted molar refractivity (Wildman–Crippen MR) is 86.7 cm³/mol. The number of nitrogens with two attached hydrogens (primary N) is 1. The molecule has 1 heterocycles. The molecule has 0 amide bonds. The molecule has 0 aromatic heterocycles. The Bertz CT molecular complexity index is 639. The lowest BCUT2D eigenvalue weighted by Crippen LogP contribution is -2.21. The van der Waals surface area contributed by atoms with Crippen LogP contribution >= 0.6 is 12.2 Å². The average molecular weight is 299 g/mol. The van der Waals surface area contributed by atoms with Crippen molar-refractivity contribution in [3.8, 4) is 5.75 Å². The van der Waals surface area contributed by atoms with Crippen molar-refractivity contribution in [2.24, 2.45) is 5.73 Å². The zero-order valence-corrected chi connectivity index (χ0v) is 12.4. The lowest BCUT2D eigenvalue weighted by Gasteiger charge is -2.26. The van der Waals surface area contributed by atoms with Crippen molar-refractivity contribution in [2.45, 2.75) is 12.5 Å². The summed E-state index contributed by atoms with van der Waals surface area (Å²) in [5.74, 6) is 0.793. The second-order valence-corrected chi connectivity index (χ2v) is 5.45. The van der Waals surface area contributed by atoms with Crippen LogP contribution in [-0.2, 0) is 11.2 Å². The molecule has 0 saturated heterocycles. The molecule has 3 nitrogen and oxygen atoms in total. The summed E-state index contributed by atoms with van der Waals surface area (Å²) in [6, 6.07) is 15.9. The van der Waals surface area contributed by atoms with Crippen LogP contribution in [0.25, 0.3) is 0 Å². The largest absolute Gasteiger partial charge is 0.491 e. The first-order valence-corrected chi connectivity index (χ1v) is 7.37. The highest BCUT2D eigenvalue weighted by Gasteiger charge is 2.20. The van der Waals surface area contributed by atoms with Gasteiger partial charge < -0.3 is 15.2 Å². The summed E-state index contributed by atoms with van der Waals surface area (Å²) in [4.78, 5) is 0.395. The molecule has 2 aromatic rings. The van der Waals surface area contributed by atoms with Crippen molar-refractivity contribution >= 4 is 17.2 Å². The van der Waals surface area contributed by atoms with E-state index in [1.807, 2.05) is 30.3 Å². The monoisotopic (exact) mass is 299 g/mol. The Kier molecular flexibility index (Phi) is 4.18. The average Bonchev–Trinajstić information content (AvgIpc) is 2.53. The first-order chi connectivity index (χ1) is 10.2. The minimum atomic E-state index is -0.00906. The van der Waals surface area contributed by atoms with Crippen molar-refractivity contribution in [1.29, 1.82) is 0 Å². The van der Waals surface area contributed by atoms with Crippen LogP contribution in [0.3, 0.4) is 0 Å². The molecule has 21 heavy (non-hydrogen) atoms. The summed E-state index contributed by atoms with van der Waals surface area (Å²) in [6.45, 7) is 1.24. The van der Waals surface area contributed by atoms with E-state index in [1.165, 1.54) is 11.1 Å². The maximum Gasteiger partial charge on any atom is 0.119 e. The van der Waals surface area contributed by atoms with Gasteiger partial charge in [0.05, 0.1) is 6.61 Å². The minimum absolute atomic E-state index is 0.00906. The van der Waals surface area contributed by atoms with E-state index in [1.54, 1.807) is 0 Å². The van der Waals surface area contributed by atoms with Crippen LogP contribution in [-0.4, -0.2) is 18.2 Å². The minimum Gasteiger partial charge on any atom is -0.491 e. The Balaban J connectivity index is 1.67. The van der Waals surface area contributed by atoms with Crippen molar-refractivity contribution in [2.75, 3.05) is 13.2 Å². The molecule has 4 heteroatoms. The maximum absolute atomic E-state index is 5.83. The molecule has 0 fully saturated rings. The van der Waals surface area contributed by atoms with Gasteiger partial charge in [-0.25, -0.2) is 0 Å². The molecule has 0 bridgehead atoms. The lowest BCUT2D eigenvalue weighted by atomic mass is 9.98. The molecule has 0 radical (unpaired) electrons. The number of rotatable bonds is 4. The first-order valence-electron chi connectivity index (χ1n) is 6.96. The highest BCUT2D eigenvalue weighted by atomic mass is 32.1. The van der Waals surface area contributed by atoms with Gasteiger partial charge >= 0.3 is 0 Å². The molecular formula is C17H17NO2S. The van der Waals surface area contributed by atoms with Crippen molar-refractivity contribution < 1.29 is 9.47 Å². The summed E-state index contributed by atoms with van der Waals surface area (Å²) in [7, 11) is 0. The fourth-order valence-electron chi connectivity index (χ4n) is 2.50. The lowest BCUT2D eigenvalue weighted by molar-refractivity contribution is 0.0102. The van der Waals surface area contributed by atoms with Gasteiger partial charge in [0.15, 0.2) is 0 Å². The molecule has 1 unspecified atom stereocenters. The van der Waals surface area contributed by atoms with Gasteiger partial charge in [0.2, 0.25) is 0 Å². The third kappa shape index (κ3) is 3.23. The van der Waals surface area contributed by atoms with Crippen LogP contribution in [0.4, 0.5) is 0 Å². The Morgan fingerprint density at radius 3 is 2.71 bits per heavy atom. The van der Waals surface area contributed by atoms with Gasteiger partial charge in [-0.15, -0.1) is 0 Å². The Hall–Kier alpha value is -1.91. The van der Waals surface area contributed by atoms with E-state index in [0.717, 1.165) is 24.3 Å². The van der Waals surface area contributed by atoms with Gasteiger partial charge in [-0.05, 0) is 41.8 Å². The zero-order valence-electron chi connectivity index (χ0n) is 11.6. The van der Waals surface area contributed by atoms with Crippen LogP contribution in [0, 0.1) is 0 Å². The number of ether oxygens (including phenoxy) is 2. The number of hydrogen-bond acceptors (Lipinski definition) is 3. The maximum atomic E-state index is 5.83. The molecular weight excluding hydrogens is 282 g/mol. The molecule has 1 aliphatic heterocycles. The molecule has 2 N–H and O–H groups in total. The van der Waals surface area contributed by atoms with Crippen molar-refractivity contribution in [1.82, 2.24) is 0 Å². The van der Waals surface area contributed by atoms with E-state index in [9.17, 15) is 0 Å². The molecule has 1 atom stereocenters. The summed E-state index contributed by atoms with van der Waals surface area (Å²) in [5.41, 5.74) is 9.00. The fraction of sp³-hybridized carbons (Fsp3) is 0.235. The van der Waals surface area contributed by atoms with Gasteiger partial charge in [-0.3, -0.25) is 0 Å². The van der Waals surface area contributed by atoms with Crippen molar-refractivity contribution in [3.05, 3.63) is 65.2 Å². The van der Waals surface area contributed by atoms with Gasteiger partial charge in [0, 0.05) is 5.56 Å². The van der Waals surface area contributed by atoms with E-state index in [2.05, 4.69) is 18.2 Å². The standard InChI is InChI=1S/C17H17NO2S/c18-17(21)13-5-7-14(8-6-13)20-11-16-15-4-2-1-3-12(15)9-10-19-16/h1-8,16H,9-11H2,(H2,18,21). The Labute approximate surface area is 129 Å². The van der Waals surface area contributed by atoms with E-state index < -0.39 is 0 Å². The van der Waals surface area contributed by atoms with Gasteiger partial charge in [-0.2, -0.15) is 0 Å². The highest BCUT2D eigenvalue weighted by Crippen LogP contribution is 2.27. The smallest absolute Gasteiger partial charge is 0.119 e.